The molecular weight excluding hydrogens is 457 g/mol. The molecule has 3 aromatic heterocycles. The lowest BCUT2D eigenvalue weighted by atomic mass is 9.60. The van der Waals surface area contributed by atoms with Crippen LogP contribution in [0.25, 0.3) is 4.83 Å². The van der Waals surface area contributed by atoms with Crippen LogP contribution in [-0.4, -0.2) is 62.5 Å². The average Bonchev–Trinajstić information content (AvgIpc) is 3.29. The molecule has 1 saturated heterocycles. The number of thiazole rings is 1. The monoisotopic (exact) mass is 478 g/mol. The number of rotatable bonds is 3. The highest BCUT2D eigenvalue weighted by atomic mass is 32.1. The summed E-state index contributed by atoms with van der Waals surface area (Å²) in [7, 11) is 1.63. The molecular formula is C21H21F3N6O2S. The number of halogens is 3. The number of carbonyl (C=O) groups excluding carboxylic acids is 2. The molecule has 0 radical (unpaired) electrons. The van der Waals surface area contributed by atoms with Crippen LogP contribution in [0.1, 0.15) is 34.5 Å². The molecule has 0 atom stereocenters. The Morgan fingerprint density at radius 3 is 2.70 bits per heavy atom. The Kier molecular flexibility index (Phi) is 4.89. The maximum atomic E-state index is 13.0. The second-order valence-electron chi connectivity index (χ2n) is 8.83. The van der Waals surface area contributed by atoms with Gasteiger partial charge in [0.2, 0.25) is 0 Å². The molecule has 5 rings (SSSR count). The van der Waals surface area contributed by atoms with E-state index in [1.165, 1.54) is 16.2 Å². The van der Waals surface area contributed by atoms with Gasteiger partial charge in [0.05, 0.1) is 28.7 Å². The van der Waals surface area contributed by atoms with Gasteiger partial charge in [0.15, 0.2) is 0 Å². The smallest absolute Gasteiger partial charge is 0.337 e. The van der Waals surface area contributed by atoms with E-state index in [4.69, 9.17) is 0 Å². The Bertz CT molecular complexity index is 1240. The zero-order chi connectivity index (χ0) is 23.5. The van der Waals surface area contributed by atoms with Crippen LogP contribution < -0.4 is 5.32 Å². The fourth-order valence-corrected chi connectivity index (χ4v) is 5.40. The first-order chi connectivity index (χ1) is 15.6. The molecule has 2 aliphatic rings. The van der Waals surface area contributed by atoms with Crippen molar-refractivity contribution in [3.63, 3.8) is 0 Å². The van der Waals surface area contributed by atoms with Crippen LogP contribution in [0, 0.1) is 12.3 Å². The highest BCUT2D eigenvalue weighted by Crippen LogP contribution is 2.50. The Hall–Kier alpha value is -3.15. The Labute approximate surface area is 191 Å². The first kappa shape index (κ1) is 21.7. The highest BCUT2D eigenvalue weighted by Gasteiger charge is 2.55. The van der Waals surface area contributed by atoms with E-state index in [-0.39, 0.29) is 23.1 Å². The molecule has 4 heterocycles. The van der Waals surface area contributed by atoms with Crippen molar-refractivity contribution in [1.29, 1.82) is 0 Å². The van der Waals surface area contributed by atoms with E-state index in [2.05, 4.69) is 15.4 Å². The molecule has 1 spiro atoms. The fraction of sp³-hybridized carbons (Fsp3) is 0.429. The molecule has 1 aliphatic carbocycles. The number of pyridine rings is 1. The van der Waals surface area contributed by atoms with Crippen molar-refractivity contribution in [1.82, 2.24) is 24.4 Å². The zero-order valence-corrected chi connectivity index (χ0v) is 18.7. The molecule has 3 amide bonds. The third kappa shape index (κ3) is 3.71. The van der Waals surface area contributed by atoms with E-state index >= 15 is 0 Å². The van der Waals surface area contributed by atoms with Crippen molar-refractivity contribution in [2.75, 3.05) is 25.5 Å². The third-order valence-corrected chi connectivity index (χ3v) is 7.45. The Morgan fingerprint density at radius 1 is 1.27 bits per heavy atom. The van der Waals surface area contributed by atoms with Crippen LogP contribution >= 0.6 is 11.3 Å². The van der Waals surface area contributed by atoms with Crippen molar-refractivity contribution < 1.29 is 22.8 Å². The molecule has 33 heavy (non-hydrogen) atoms. The molecule has 12 heteroatoms. The summed E-state index contributed by atoms with van der Waals surface area (Å²) < 4.78 is 40.6. The number of hydrogen-bond donors (Lipinski definition) is 1. The molecule has 1 N–H and O–H groups in total. The Morgan fingerprint density at radius 2 is 2.00 bits per heavy atom. The van der Waals surface area contributed by atoms with Gasteiger partial charge in [0.25, 0.3) is 5.91 Å². The number of alkyl halides is 3. The number of nitrogens with zero attached hydrogens (tertiary/aromatic N) is 5. The number of nitrogens with one attached hydrogen (secondary N) is 1. The molecule has 0 bridgehead atoms. The van der Waals surface area contributed by atoms with Gasteiger partial charge in [0.1, 0.15) is 4.83 Å². The van der Waals surface area contributed by atoms with Crippen LogP contribution in [-0.2, 0) is 6.18 Å². The molecule has 1 saturated carbocycles. The minimum absolute atomic E-state index is 0.00965. The minimum Gasteiger partial charge on any atom is -0.337 e. The number of anilines is 1. The second-order valence-corrected chi connectivity index (χ2v) is 9.72. The molecule has 3 aromatic rings. The summed E-state index contributed by atoms with van der Waals surface area (Å²) in [5.41, 5.74) is 0.0215. The molecule has 2 fully saturated rings. The van der Waals surface area contributed by atoms with Gasteiger partial charge in [0, 0.05) is 49.4 Å². The van der Waals surface area contributed by atoms with E-state index in [1.807, 2.05) is 11.6 Å². The van der Waals surface area contributed by atoms with Crippen molar-refractivity contribution in [2.24, 2.45) is 5.41 Å². The summed E-state index contributed by atoms with van der Waals surface area (Å²) in [6.07, 6.45) is 1.09. The molecule has 8 nitrogen and oxygen atoms in total. The molecule has 0 unspecified atom stereocenters. The van der Waals surface area contributed by atoms with Gasteiger partial charge in [-0.25, -0.2) is 9.31 Å². The normalized spacial score (nSPS) is 17.7. The van der Waals surface area contributed by atoms with Gasteiger partial charge in [-0.15, -0.1) is 11.3 Å². The largest absolute Gasteiger partial charge is 0.417 e. The highest BCUT2D eigenvalue weighted by molar-refractivity contribution is 7.15. The first-order valence-corrected chi connectivity index (χ1v) is 11.2. The number of amides is 3. The number of aryl methyl sites for hydroxylation is 1. The third-order valence-electron chi connectivity index (χ3n) is 6.56. The number of fused-ring (bicyclic) bond motifs is 1. The average molecular weight is 479 g/mol. The quantitative estimate of drug-likeness (QED) is 0.619. The molecule has 0 aromatic carbocycles. The summed E-state index contributed by atoms with van der Waals surface area (Å²) in [6.45, 7) is 2.78. The number of hydrogen-bond acceptors (Lipinski definition) is 5. The van der Waals surface area contributed by atoms with Crippen LogP contribution in [0.4, 0.5) is 23.7 Å². The Balaban J connectivity index is 1.16. The van der Waals surface area contributed by atoms with E-state index in [1.54, 1.807) is 29.6 Å². The fourth-order valence-electron chi connectivity index (χ4n) is 4.61. The maximum Gasteiger partial charge on any atom is 0.417 e. The SMILES string of the molecule is Cc1ncc(C(F)(F)F)cc1NC(=O)N(C)C1CC2(C1)CN(C(=O)c1cnn3ccsc13)C2. The topological polar surface area (TPSA) is 82.8 Å². The lowest BCUT2D eigenvalue weighted by molar-refractivity contribution is -0.137. The number of likely N-dealkylation sites (tertiary alicyclic amines) is 1. The van der Waals surface area contributed by atoms with Gasteiger partial charge in [-0.3, -0.25) is 9.78 Å². The van der Waals surface area contributed by atoms with Crippen molar-refractivity contribution in [3.8, 4) is 0 Å². The van der Waals surface area contributed by atoms with Gasteiger partial charge < -0.3 is 15.1 Å². The van der Waals surface area contributed by atoms with Crippen molar-refractivity contribution in [2.45, 2.75) is 32.0 Å². The maximum absolute atomic E-state index is 13.0. The molecule has 174 valence electrons. The van der Waals surface area contributed by atoms with E-state index in [0.29, 0.717) is 24.3 Å². The van der Waals surface area contributed by atoms with Crippen LogP contribution in [0.5, 0.6) is 0 Å². The second kappa shape index (κ2) is 7.44. The summed E-state index contributed by atoms with van der Waals surface area (Å²) >= 11 is 1.47. The van der Waals surface area contributed by atoms with E-state index in [9.17, 15) is 22.8 Å². The minimum atomic E-state index is -4.54. The van der Waals surface area contributed by atoms with Crippen LogP contribution in [0.15, 0.2) is 30.0 Å². The summed E-state index contributed by atoms with van der Waals surface area (Å²) in [4.78, 5) is 33.3. The lowest BCUT2D eigenvalue weighted by Gasteiger charge is -2.60. The van der Waals surface area contributed by atoms with Gasteiger partial charge in [-0.05, 0) is 25.8 Å². The first-order valence-electron chi connectivity index (χ1n) is 10.3. The lowest BCUT2D eigenvalue weighted by Crippen LogP contribution is -2.67. The number of urea groups is 1. The predicted molar refractivity (Wildman–Crippen MR) is 115 cm³/mol. The van der Waals surface area contributed by atoms with E-state index in [0.717, 1.165) is 29.9 Å². The van der Waals surface area contributed by atoms with Gasteiger partial charge >= 0.3 is 12.2 Å². The van der Waals surface area contributed by atoms with E-state index < -0.39 is 17.8 Å². The zero-order valence-electron chi connectivity index (χ0n) is 17.9. The number of carbonyl (C=O) groups is 2. The number of aromatic nitrogens is 3. The molecule has 1 aliphatic heterocycles. The van der Waals surface area contributed by atoms with Crippen LogP contribution in [0.3, 0.4) is 0 Å². The van der Waals surface area contributed by atoms with Crippen molar-refractivity contribution in [3.05, 3.63) is 46.9 Å². The van der Waals surface area contributed by atoms with Gasteiger partial charge in [-0.1, -0.05) is 0 Å². The summed E-state index contributed by atoms with van der Waals surface area (Å²) in [5.74, 6) is -0.0415. The predicted octanol–water partition coefficient (Wildman–Crippen LogP) is 3.89. The van der Waals surface area contributed by atoms with Gasteiger partial charge in [-0.2, -0.15) is 18.3 Å². The van der Waals surface area contributed by atoms with Crippen LogP contribution in [0.2, 0.25) is 0 Å². The standard InChI is InChI=1S/C21H21F3N6O2S/c1-12-16(5-13(8-25-12)21(22,23)24)27-19(32)28(2)14-6-20(7-14)10-29(11-20)17(31)15-9-26-30-3-4-33-18(15)30/h3-5,8-9,14H,6-7,10-11H2,1-2H3,(H,27,32). The summed E-state index contributed by atoms with van der Waals surface area (Å²) in [5, 5.41) is 8.61. The van der Waals surface area contributed by atoms with Crippen molar-refractivity contribution >= 4 is 33.8 Å². The summed E-state index contributed by atoms with van der Waals surface area (Å²) in [6, 6.07) is 0.375.